The van der Waals surface area contributed by atoms with Crippen molar-refractivity contribution in [2.75, 3.05) is 0 Å². The largest absolute Gasteiger partial charge is 0.571 e. The summed E-state index contributed by atoms with van der Waals surface area (Å²) in [4.78, 5) is 0. The Balaban J connectivity index is 2.11. The Labute approximate surface area is 104 Å². The minimum Gasteiger partial charge on any atom is -0.281 e. The molecule has 0 aliphatic rings. The molecule has 2 aromatic carbocycles. The fraction of sp³-hybridized carbons (Fsp3) is 0. The van der Waals surface area contributed by atoms with Crippen molar-refractivity contribution in [3.8, 4) is 0 Å². The van der Waals surface area contributed by atoms with Crippen LogP contribution in [0.2, 0.25) is 0 Å². The van der Waals surface area contributed by atoms with E-state index in [2.05, 4.69) is 12.1 Å². The van der Waals surface area contributed by atoms with Crippen molar-refractivity contribution >= 4 is 12.7 Å². The molecule has 0 N–H and O–H groups in total. The van der Waals surface area contributed by atoms with Gasteiger partial charge >= 0.3 is 28.5 Å². The summed E-state index contributed by atoms with van der Waals surface area (Å²) >= 11 is -0.249. The van der Waals surface area contributed by atoms with Gasteiger partial charge in [-0.05, 0) is 29.7 Å². The summed E-state index contributed by atoms with van der Waals surface area (Å²) in [6.45, 7) is 0. The molecule has 0 spiro atoms. The van der Waals surface area contributed by atoms with Gasteiger partial charge in [0.2, 0.25) is 0 Å². The van der Waals surface area contributed by atoms with Gasteiger partial charge in [0.1, 0.15) is 0 Å². The van der Waals surface area contributed by atoms with Crippen LogP contribution in [0.1, 0.15) is 0 Å². The Morgan fingerprint density at radius 2 is 1.31 bits per heavy atom. The molecule has 0 nitrogen and oxygen atoms in total. The quantitative estimate of drug-likeness (QED) is 0.524. The summed E-state index contributed by atoms with van der Waals surface area (Å²) in [6.07, 6.45) is 0. The van der Waals surface area contributed by atoms with E-state index in [0.717, 1.165) is 3.57 Å². The molecule has 0 heterocycles. The molecule has 0 aliphatic carbocycles. The average molecular weight is 329 g/mol. The van der Waals surface area contributed by atoms with Crippen LogP contribution in [0, 0.1) is 7.14 Å². The van der Waals surface area contributed by atoms with E-state index >= 15 is 0 Å². The lowest BCUT2D eigenvalue weighted by atomic mass is 9.86. The standard InChI is InChI=1S/C12H9BF2I/c14-13(15)10-6-8-12(9-7-10)16-11-4-2-1-3-5-11/h1-9H/q+1. The van der Waals surface area contributed by atoms with E-state index in [1.807, 2.05) is 30.3 Å². The molecule has 0 aromatic heterocycles. The van der Waals surface area contributed by atoms with E-state index in [4.69, 9.17) is 0 Å². The Morgan fingerprint density at radius 1 is 0.750 bits per heavy atom. The number of hydrogen-bond donors (Lipinski definition) is 0. The third kappa shape index (κ3) is 3.04. The lowest BCUT2D eigenvalue weighted by molar-refractivity contribution is -0.597. The van der Waals surface area contributed by atoms with E-state index in [9.17, 15) is 8.63 Å². The van der Waals surface area contributed by atoms with E-state index < -0.39 is 7.27 Å². The second kappa shape index (κ2) is 5.43. The Hall–Kier alpha value is -0.905. The van der Waals surface area contributed by atoms with Crippen LogP contribution in [0.5, 0.6) is 0 Å². The van der Waals surface area contributed by atoms with Crippen LogP contribution in [-0.4, -0.2) is 7.27 Å². The fourth-order valence-corrected chi connectivity index (χ4v) is 3.49. The first-order chi connectivity index (χ1) is 7.75. The number of benzene rings is 2. The molecule has 80 valence electrons. The predicted molar refractivity (Wildman–Crippen MR) is 57.9 cm³/mol. The minimum absolute atomic E-state index is 0.0980. The van der Waals surface area contributed by atoms with Gasteiger partial charge in [0.25, 0.3) is 0 Å². The lowest BCUT2D eigenvalue weighted by Gasteiger charge is -1.92. The SMILES string of the molecule is FB(F)c1ccc([I+]c2ccccc2)cc1. The van der Waals surface area contributed by atoms with Crippen molar-refractivity contribution in [1.82, 2.24) is 0 Å². The molecule has 2 aromatic rings. The van der Waals surface area contributed by atoms with E-state index in [1.165, 1.54) is 15.7 Å². The number of halogens is 3. The van der Waals surface area contributed by atoms with Gasteiger partial charge in [-0.15, -0.1) is 0 Å². The number of hydrogen-bond acceptors (Lipinski definition) is 0. The maximum Gasteiger partial charge on any atom is 0.571 e. The number of rotatable bonds is 3. The Bertz CT molecular complexity index is 442. The molecule has 16 heavy (non-hydrogen) atoms. The normalized spacial score (nSPS) is 10.1. The molecule has 4 heteroatoms. The predicted octanol–water partition coefficient (Wildman–Crippen LogP) is -0.551. The molecule has 0 radical (unpaired) electrons. The van der Waals surface area contributed by atoms with Crippen LogP contribution >= 0.6 is 0 Å². The van der Waals surface area contributed by atoms with Crippen molar-refractivity contribution in [2.45, 2.75) is 0 Å². The van der Waals surface area contributed by atoms with Gasteiger partial charge in [-0.1, -0.05) is 30.3 Å². The zero-order valence-corrected chi connectivity index (χ0v) is 10.6. The van der Waals surface area contributed by atoms with Crippen molar-refractivity contribution in [3.63, 3.8) is 0 Å². The second-order valence-corrected chi connectivity index (χ2v) is 6.27. The van der Waals surface area contributed by atoms with Crippen LogP contribution in [-0.2, 0) is 0 Å². The highest BCUT2D eigenvalue weighted by Crippen LogP contribution is 1.90. The summed E-state index contributed by atoms with van der Waals surface area (Å²) in [5, 5.41) is 0. The summed E-state index contributed by atoms with van der Waals surface area (Å²) in [5.41, 5.74) is 0.0980. The molecule has 0 fully saturated rings. The molecular formula is C12H9BF2I+. The van der Waals surface area contributed by atoms with E-state index in [-0.39, 0.29) is 26.7 Å². The van der Waals surface area contributed by atoms with Crippen molar-refractivity contribution < 1.29 is 29.8 Å². The summed E-state index contributed by atoms with van der Waals surface area (Å²) in [7, 11) is -2.37. The average Bonchev–Trinajstić information content (AvgIpc) is 2.31. The summed E-state index contributed by atoms with van der Waals surface area (Å²) in [6, 6.07) is 16.8. The zero-order valence-electron chi connectivity index (χ0n) is 8.41. The molecule has 2 rings (SSSR count). The molecule has 0 bridgehead atoms. The first-order valence-electron chi connectivity index (χ1n) is 4.84. The van der Waals surface area contributed by atoms with Gasteiger partial charge < -0.3 is 0 Å². The van der Waals surface area contributed by atoms with Gasteiger partial charge in [-0.2, -0.15) is 0 Å². The molecule has 0 amide bonds. The first-order valence-corrected chi connectivity index (χ1v) is 6.99. The summed E-state index contributed by atoms with van der Waals surface area (Å²) in [5.74, 6) is 0. The van der Waals surface area contributed by atoms with Crippen LogP contribution in [0.15, 0.2) is 54.6 Å². The first kappa shape index (κ1) is 11.6. The van der Waals surface area contributed by atoms with Crippen molar-refractivity contribution in [1.29, 1.82) is 0 Å². The maximum absolute atomic E-state index is 12.3. The van der Waals surface area contributed by atoms with Crippen LogP contribution in [0.3, 0.4) is 0 Å². The maximum atomic E-state index is 12.3. The van der Waals surface area contributed by atoms with Gasteiger partial charge in [0, 0.05) is 0 Å². The van der Waals surface area contributed by atoms with E-state index in [0.29, 0.717) is 0 Å². The van der Waals surface area contributed by atoms with Gasteiger partial charge in [0.05, 0.1) is 0 Å². The molecule has 0 saturated carbocycles. The molecular weight excluding hydrogens is 320 g/mol. The van der Waals surface area contributed by atoms with Gasteiger partial charge in [-0.25, -0.2) is 0 Å². The third-order valence-corrected chi connectivity index (χ3v) is 4.76. The fourth-order valence-electron chi connectivity index (χ4n) is 1.27. The van der Waals surface area contributed by atoms with Crippen LogP contribution in [0.25, 0.3) is 0 Å². The monoisotopic (exact) mass is 329 g/mol. The smallest absolute Gasteiger partial charge is 0.281 e. The lowest BCUT2D eigenvalue weighted by Crippen LogP contribution is -3.61. The molecule has 0 atom stereocenters. The van der Waals surface area contributed by atoms with Crippen LogP contribution < -0.4 is 26.7 Å². The van der Waals surface area contributed by atoms with Crippen molar-refractivity contribution in [2.24, 2.45) is 0 Å². The minimum atomic E-state index is -2.37. The van der Waals surface area contributed by atoms with Gasteiger partial charge in [-0.3, -0.25) is 8.63 Å². The molecule has 0 saturated heterocycles. The van der Waals surface area contributed by atoms with E-state index in [1.54, 1.807) is 0 Å². The topological polar surface area (TPSA) is 0 Å². The van der Waals surface area contributed by atoms with Gasteiger partial charge in [0.15, 0.2) is 7.14 Å². The van der Waals surface area contributed by atoms with Crippen molar-refractivity contribution in [3.05, 3.63) is 61.7 Å². The Kier molecular flexibility index (Phi) is 3.93. The highest BCUT2D eigenvalue weighted by molar-refractivity contribution is 6.59. The molecule has 0 unspecified atom stereocenters. The highest BCUT2D eigenvalue weighted by atomic mass is 127. The Morgan fingerprint density at radius 3 is 1.88 bits per heavy atom. The third-order valence-electron chi connectivity index (χ3n) is 2.07. The molecule has 0 aliphatic heterocycles. The summed E-state index contributed by atoms with van der Waals surface area (Å²) < 4.78 is 27.1. The highest BCUT2D eigenvalue weighted by Gasteiger charge is 2.19. The van der Waals surface area contributed by atoms with Crippen LogP contribution in [0.4, 0.5) is 8.63 Å². The zero-order chi connectivity index (χ0) is 11.4. The second-order valence-electron chi connectivity index (χ2n) is 3.24.